The molecule has 3 saturated heterocycles. The summed E-state index contributed by atoms with van der Waals surface area (Å²) in [7, 11) is 1.61. The molecule has 3 fully saturated rings. The van der Waals surface area contributed by atoms with E-state index in [9.17, 15) is 14.4 Å². The van der Waals surface area contributed by atoms with E-state index in [4.69, 9.17) is 4.74 Å². The van der Waals surface area contributed by atoms with E-state index < -0.39 is 6.04 Å². The predicted molar refractivity (Wildman–Crippen MR) is 180 cm³/mol. The third-order valence-corrected chi connectivity index (χ3v) is 9.93. The first-order chi connectivity index (χ1) is 22.9. The van der Waals surface area contributed by atoms with Crippen LogP contribution in [0.25, 0.3) is 0 Å². The number of methoxy groups -OCH3 is 1. The summed E-state index contributed by atoms with van der Waals surface area (Å²) in [6.07, 6.45) is 8.95. The van der Waals surface area contributed by atoms with E-state index in [1.54, 1.807) is 19.5 Å². The van der Waals surface area contributed by atoms with Gasteiger partial charge in [0.2, 0.25) is 24.2 Å². The molecule has 3 amide bonds. The number of aryl methyl sites for hydroxylation is 1. The highest BCUT2D eigenvalue weighted by atomic mass is 16.5. The van der Waals surface area contributed by atoms with Crippen LogP contribution in [0.15, 0.2) is 54.9 Å². The fraction of sp³-hybridized carbons (Fsp3) is 0.472. The Balaban J connectivity index is 0.967. The number of piperidine rings is 3. The van der Waals surface area contributed by atoms with E-state index in [1.165, 1.54) is 21.7 Å². The number of hydrogen-bond donors (Lipinski definition) is 2. The summed E-state index contributed by atoms with van der Waals surface area (Å²) >= 11 is 0. The highest BCUT2D eigenvalue weighted by molar-refractivity contribution is 6.00. The lowest BCUT2D eigenvalue weighted by Gasteiger charge is -2.34. The molecule has 0 bridgehead atoms. The van der Waals surface area contributed by atoms with Gasteiger partial charge in [-0.3, -0.25) is 24.6 Å². The number of amides is 3. The topological polar surface area (TPSA) is 120 Å². The van der Waals surface area contributed by atoms with E-state index in [0.29, 0.717) is 36.6 Å². The molecular formula is C36H45N7O4. The zero-order valence-electron chi connectivity index (χ0n) is 27.4. The van der Waals surface area contributed by atoms with Gasteiger partial charge in [-0.1, -0.05) is 30.3 Å². The molecule has 0 spiro atoms. The summed E-state index contributed by atoms with van der Waals surface area (Å²) in [4.78, 5) is 51.1. The van der Waals surface area contributed by atoms with Gasteiger partial charge in [0.15, 0.2) is 5.75 Å². The van der Waals surface area contributed by atoms with E-state index in [0.717, 1.165) is 75.9 Å². The fourth-order valence-electron chi connectivity index (χ4n) is 6.99. The standard InChI is InChI=1S/C36H45N7O4/c1-25-3-6-28(19-29(25)23-43(24-44)33-9-10-34(45)40-35(33)46)27-11-15-41(16-12-27)22-26-4-7-31(8-5-26)42-17-13-30(14-18-42)39-36-37-20-32(47-2)21-38-36/h3-8,19-21,24,27,30,33H,9-18,22-23H2,1-2H3,(H,37,38,39)(H,40,45,46). The predicted octanol–water partition coefficient (Wildman–Crippen LogP) is 4.02. The van der Waals surface area contributed by atoms with Crippen molar-refractivity contribution < 1.29 is 19.1 Å². The number of imide groups is 1. The largest absolute Gasteiger partial charge is 0.494 e. The van der Waals surface area contributed by atoms with Crippen LogP contribution in [-0.2, 0) is 27.5 Å². The van der Waals surface area contributed by atoms with Crippen LogP contribution in [-0.4, -0.2) is 83.4 Å². The highest BCUT2D eigenvalue weighted by Crippen LogP contribution is 2.31. The normalized spacial score (nSPS) is 19.7. The second-order valence-electron chi connectivity index (χ2n) is 13.0. The molecule has 11 heteroatoms. The molecule has 1 aromatic heterocycles. The maximum atomic E-state index is 12.4. The number of likely N-dealkylation sites (tertiary alicyclic amines) is 1. The summed E-state index contributed by atoms with van der Waals surface area (Å²) in [6, 6.07) is 15.3. The van der Waals surface area contributed by atoms with Gasteiger partial charge in [-0.05, 0) is 92.4 Å². The zero-order chi connectivity index (χ0) is 32.8. The number of rotatable bonds is 11. The molecular weight excluding hydrogens is 594 g/mol. The Hall–Kier alpha value is -4.51. The van der Waals surface area contributed by atoms with Crippen LogP contribution < -0.4 is 20.3 Å². The van der Waals surface area contributed by atoms with Crippen molar-refractivity contribution in [2.45, 2.75) is 76.5 Å². The highest BCUT2D eigenvalue weighted by Gasteiger charge is 2.31. The van der Waals surface area contributed by atoms with Crippen LogP contribution in [0, 0.1) is 6.92 Å². The first-order valence-corrected chi connectivity index (χ1v) is 16.7. The molecule has 1 unspecified atom stereocenters. The van der Waals surface area contributed by atoms with E-state index >= 15 is 0 Å². The number of benzene rings is 2. The molecule has 0 aliphatic carbocycles. The minimum Gasteiger partial charge on any atom is -0.494 e. The Morgan fingerprint density at radius 2 is 1.70 bits per heavy atom. The summed E-state index contributed by atoms with van der Waals surface area (Å²) in [5.41, 5.74) is 6.04. The molecule has 4 heterocycles. The van der Waals surface area contributed by atoms with Gasteiger partial charge in [-0.15, -0.1) is 0 Å². The number of nitrogens with zero attached hydrogens (tertiary/aromatic N) is 5. The van der Waals surface area contributed by atoms with Gasteiger partial charge in [-0.25, -0.2) is 9.97 Å². The number of anilines is 2. The number of nitrogens with one attached hydrogen (secondary N) is 2. The van der Waals surface area contributed by atoms with E-state index in [1.807, 2.05) is 6.92 Å². The fourth-order valence-corrected chi connectivity index (χ4v) is 6.99. The lowest BCUT2D eigenvalue weighted by molar-refractivity contribution is -0.141. The second kappa shape index (κ2) is 14.9. The van der Waals surface area contributed by atoms with Gasteiger partial charge in [0.25, 0.3) is 0 Å². The molecule has 2 aromatic carbocycles. The minimum absolute atomic E-state index is 0.252. The molecule has 1 atom stereocenters. The molecule has 47 heavy (non-hydrogen) atoms. The van der Waals surface area contributed by atoms with Gasteiger partial charge in [0.05, 0.1) is 19.5 Å². The molecule has 3 aliphatic rings. The van der Waals surface area contributed by atoms with Gasteiger partial charge >= 0.3 is 0 Å². The Kier molecular flexibility index (Phi) is 10.3. The van der Waals surface area contributed by atoms with Crippen LogP contribution in [0.4, 0.5) is 11.6 Å². The molecule has 0 radical (unpaired) electrons. The second-order valence-corrected chi connectivity index (χ2v) is 13.0. The average Bonchev–Trinajstić information content (AvgIpc) is 3.10. The van der Waals surface area contributed by atoms with E-state index in [2.05, 4.69) is 72.9 Å². The molecule has 248 valence electrons. The van der Waals surface area contributed by atoms with Gasteiger partial charge < -0.3 is 19.9 Å². The smallest absolute Gasteiger partial charge is 0.249 e. The van der Waals surface area contributed by atoms with Crippen molar-refractivity contribution in [2.24, 2.45) is 0 Å². The summed E-state index contributed by atoms with van der Waals surface area (Å²) < 4.78 is 5.15. The molecule has 0 saturated carbocycles. The quantitative estimate of drug-likeness (QED) is 0.237. The van der Waals surface area contributed by atoms with Crippen molar-refractivity contribution in [3.05, 3.63) is 77.1 Å². The van der Waals surface area contributed by atoms with Crippen LogP contribution >= 0.6 is 0 Å². The van der Waals surface area contributed by atoms with Crippen molar-refractivity contribution >= 4 is 29.9 Å². The molecule has 2 N–H and O–H groups in total. The van der Waals surface area contributed by atoms with Crippen molar-refractivity contribution in [3.63, 3.8) is 0 Å². The Morgan fingerprint density at radius 3 is 2.36 bits per heavy atom. The number of carbonyl (C=O) groups excluding carboxylic acids is 3. The summed E-state index contributed by atoms with van der Waals surface area (Å²) in [6.45, 7) is 7.39. The van der Waals surface area contributed by atoms with Crippen molar-refractivity contribution in [3.8, 4) is 5.75 Å². The third kappa shape index (κ3) is 8.08. The zero-order valence-corrected chi connectivity index (χ0v) is 27.4. The Bertz CT molecular complexity index is 1530. The number of aromatic nitrogens is 2. The Morgan fingerprint density at radius 1 is 0.979 bits per heavy atom. The van der Waals surface area contributed by atoms with Crippen molar-refractivity contribution in [1.29, 1.82) is 0 Å². The maximum absolute atomic E-state index is 12.4. The van der Waals surface area contributed by atoms with Crippen molar-refractivity contribution in [1.82, 2.24) is 25.1 Å². The van der Waals surface area contributed by atoms with Gasteiger partial charge in [0.1, 0.15) is 6.04 Å². The SMILES string of the molecule is COc1cnc(NC2CCN(c3ccc(CN4CCC(c5ccc(C)c(CN(C=O)C6CCC(=O)NC6=O)c5)CC4)cc3)CC2)nc1. The lowest BCUT2D eigenvalue weighted by Crippen LogP contribution is -2.51. The molecule has 3 aliphatic heterocycles. The lowest BCUT2D eigenvalue weighted by atomic mass is 9.87. The van der Waals surface area contributed by atoms with Gasteiger partial charge in [0, 0.05) is 44.3 Å². The Labute approximate surface area is 276 Å². The first kappa shape index (κ1) is 32.4. The van der Waals surface area contributed by atoms with Crippen LogP contribution in [0.3, 0.4) is 0 Å². The minimum atomic E-state index is -0.610. The van der Waals surface area contributed by atoms with Crippen LogP contribution in [0.1, 0.15) is 66.7 Å². The van der Waals surface area contributed by atoms with Crippen molar-refractivity contribution in [2.75, 3.05) is 43.5 Å². The molecule has 3 aromatic rings. The average molecular weight is 640 g/mol. The number of hydrogen-bond acceptors (Lipinski definition) is 9. The van der Waals surface area contributed by atoms with Crippen LogP contribution in [0.2, 0.25) is 0 Å². The number of ether oxygens (including phenoxy) is 1. The summed E-state index contributed by atoms with van der Waals surface area (Å²) in [5, 5.41) is 5.82. The summed E-state index contributed by atoms with van der Waals surface area (Å²) in [5.74, 6) is 1.10. The monoisotopic (exact) mass is 639 g/mol. The number of carbonyl (C=O) groups is 3. The van der Waals surface area contributed by atoms with E-state index in [-0.39, 0.29) is 18.2 Å². The third-order valence-electron chi connectivity index (χ3n) is 9.93. The molecule has 6 rings (SSSR count). The maximum Gasteiger partial charge on any atom is 0.249 e. The van der Waals surface area contributed by atoms with Gasteiger partial charge in [-0.2, -0.15) is 0 Å². The first-order valence-electron chi connectivity index (χ1n) is 16.7. The van der Waals surface area contributed by atoms with Crippen LogP contribution in [0.5, 0.6) is 5.75 Å². The molecule has 11 nitrogen and oxygen atoms in total.